The van der Waals surface area contributed by atoms with Crippen LogP contribution in [0.3, 0.4) is 0 Å². The van der Waals surface area contributed by atoms with Gasteiger partial charge in [-0.1, -0.05) is 13.0 Å². The molecule has 0 bridgehead atoms. The third kappa shape index (κ3) is 7.19. The lowest BCUT2D eigenvalue weighted by Gasteiger charge is -2.28. The first-order chi connectivity index (χ1) is 11.9. The number of hydrogen-bond acceptors (Lipinski definition) is 3. The van der Waals surface area contributed by atoms with Gasteiger partial charge in [0, 0.05) is 31.9 Å². The topological polar surface area (TPSA) is 58.5 Å². The maximum atomic E-state index is 12.1. The van der Waals surface area contributed by atoms with Crippen LogP contribution in [0.1, 0.15) is 38.2 Å². The van der Waals surface area contributed by atoms with E-state index in [0.29, 0.717) is 12.6 Å². The molecule has 0 aliphatic heterocycles. The molecule has 0 unspecified atom stereocenters. The van der Waals surface area contributed by atoms with E-state index in [1.807, 2.05) is 0 Å². The normalized spacial score (nSPS) is 21.7. The van der Waals surface area contributed by atoms with Crippen LogP contribution in [0, 0.1) is 5.92 Å². The molecular weight excluding hydrogens is 333 g/mol. The fourth-order valence-corrected chi connectivity index (χ4v) is 2.73. The smallest absolute Gasteiger partial charge is 0.422 e. The molecule has 1 aromatic rings. The van der Waals surface area contributed by atoms with Crippen molar-refractivity contribution in [3.63, 3.8) is 0 Å². The number of alkyl halides is 3. The molecule has 140 valence electrons. The third-order valence-electron chi connectivity index (χ3n) is 4.22. The van der Waals surface area contributed by atoms with Crippen LogP contribution in [0.15, 0.2) is 23.3 Å². The Hall–Kier alpha value is -1.99. The molecule has 25 heavy (non-hydrogen) atoms. The Morgan fingerprint density at radius 1 is 1.28 bits per heavy atom. The number of nitrogens with zero attached hydrogens (tertiary/aromatic N) is 2. The lowest BCUT2D eigenvalue weighted by molar-refractivity contribution is -0.154. The molecule has 0 spiro atoms. The van der Waals surface area contributed by atoms with E-state index in [0.717, 1.165) is 30.3 Å². The molecule has 5 nitrogen and oxygen atoms in total. The summed E-state index contributed by atoms with van der Waals surface area (Å²) in [7, 11) is 1.72. The first-order valence-corrected chi connectivity index (χ1v) is 8.47. The fraction of sp³-hybridized carbons (Fsp3) is 0.647. The van der Waals surface area contributed by atoms with E-state index in [4.69, 9.17) is 0 Å². The summed E-state index contributed by atoms with van der Waals surface area (Å²) in [5, 5.41) is 6.61. The predicted molar refractivity (Wildman–Crippen MR) is 90.5 cm³/mol. The SMILES string of the molecule is CN=C(NCc1ccc(OCC(F)(F)F)nc1)NC1CCC(C)CC1. The van der Waals surface area contributed by atoms with Crippen molar-refractivity contribution in [1.82, 2.24) is 15.6 Å². The van der Waals surface area contributed by atoms with E-state index in [1.165, 1.54) is 25.1 Å². The maximum Gasteiger partial charge on any atom is 0.422 e. The quantitative estimate of drug-likeness (QED) is 0.627. The minimum atomic E-state index is -4.36. The molecule has 0 aromatic carbocycles. The van der Waals surface area contributed by atoms with Gasteiger partial charge in [0.05, 0.1) is 0 Å². The van der Waals surface area contributed by atoms with Crippen molar-refractivity contribution >= 4 is 5.96 Å². The summed E-state index contributed by atoms with van der Waals surface area (Å²) in [4.78, 5) is 8.10. The van der Waals surface area contributed by atoms with E-state index in [2.05, 4.69) is 32.3 Å². The number of aliphatic imine (C=N–C) groups is 1. The molecule has 1 saturated carbocycles. The Labute approximate surface area is 146 Å². The van der Waals surface area contributed by atoms with Crippen molar-refractivity contribution in [2.75, 3.05) is 13.7 Å². The standard InChI is InChI=1S/C17H25F3N4O/c1-12-3-6-14(7-4-12)24-16(21-2)23-10-13-5-8-15(22-9-13)25-11-17(18,19)20/h5,8-9,12,14H,3-4,6-7,10-11H2,1-2H3,(H2,21,23,24). The monoisotopic (exact) mass is 358 g/mol. The van der Waals surface area contributed by atoms with E-state index in [9.17, 15) is 13.2 Å². The first kappa shape index (κ1) is 19.3. The van der Waals surface area contributed by atoms with Gasteiger partial charge in [-0.05, 0) is 37.2 Å². The molecule has 0 atom stereocenters. The molecule has 1 fully saturated rings. The van der Waals surface area contributed by atoms with E-state index in [1.54, 1.807) is 13.1 Å². The van der Waals surface area contributed by atoms with Gasteiger partial charge in [-0.2, -0.15) is 13.2 Å². The Balaban J connectivity index is 1.77. The summed E-state index contributed by atoms with van der Waals surface area (Å²) in [5.74, 6) is 1.47. The van der Waals surface area contributed by atoms with Gasteiger partial charge in [-0.25, -0.2) is 4.98 Å². The zero-order valence-electron chi connectivity index (χ0n) is 14.6. The molecule has 0 saturated heterocycles. The van der Waals surface area contributed by atoms with Crippen LogP contribution in [0.4, 0.5) is 13.2 Å². The van der Waals surface area contributed by atoms with Gasteiger partial charge < -0.3 is 15.4 Å². The Morgan fingerprint density at radius 3 is 2.56 bits per heavy atom. The van der Waals surface area contributed by atoms with Crippen molar-refractivity contribution in [3.8, 4) is 5.88 Å². The highest BCUT2D eigenvalue weighted by atomic mass is 19.4. The van der Waals surface area contributed by atoms with Gasteiger partial charge >= 0.3 is 6.18 Å². The van der Waals surface area contributed by atoms with Crippen LogP contribution < -0.4 is 15.4 Å². The zero-order valence-corrected chi connectivity index (χ0v) is 14.6. The van der Waals surface area contributed by atoms with Gasteiger partial charge in [0.1, 0.15) is 0 Å². The number of rotatable bonds is 5. The molecule has 2 rings (SSSR count). The first-order valence-electron chi connectivity index (χ1n) is 8.47. The number of hydrogen-bond donors (Lipinski definition) is 2. The highest BCUT2D eigenvalue weighted by Gasteiger charge is 2.28. The predicted octanol–water partition coefficient (Wildman–Crippen LogP) is 3.27. The van der Waals surface area contributed by atoms with Gasteiger partial charge in [-0.3, -0.25) is 4.99 Å². The molecule has 0 amide bonds. The van der Waals surface area contributed by atoms with Crippen LogP contribution >= 0.6 is 0 Å². The molecule has 2 N–H and O–H groups in total. The van der Waals surface area contributed by atoms with E-state index >= 15 is 0 Å². The van der Waals surface area contributed by atoms with Crippen molar-refractivity contribution in [1.29, 1.82) is 0 Å². The highest BCUT2D eigenvalue weighted by molar-refractivity contribution is 5.79. The largest absolute Gasteiger partial charge is 0.468 e. The summed E-state index contributed by atoms with van der Waals surface area (Å²) in [6, 6.07) is 3.54. The van der Waals surface area contributed by atoms with Crippen molar-refractivity contribution in [3.05, 3.63) is 23.9 Å². The zero-order chi connectivity index (χ0) is 18.3. The van der Waals surface area contributed by atoms with Crippen LogP contribution in [0.2, 0.25) is 0 Å². The van der Waals surface area contributed by atoms with Gasteiger partial charge in [0.15, 0.2) is 12.6 Å². The fourth-order valence-electron chi connectivity index (χ4n) is 2.73. The minimum absolute atomic E-state index is 0.0418. The van der Waals surface area contributed by atoms with Gasteiger partial charge in [-0.15, -0.1) is 0 Å². The van der Waals surface area contributed by atoms with Gasteiger partial charge in [0.2, 0.25) is 5.88 Å². The Kier molecular flexibility index (Phi) is 6.90. The summed E-state index contributed by atoms with van der Waals surface area (Å²) < 4.78 is 40.9. The summed E-state index contributed by atoms with van der Waals surface area (Å²) >= 11 is 0. The number of nitrogens with one attached hydrogen (secondary N) is 2. The number of halogens is 3. The molecule has 1 aliphatic rings. The van der Waals surface area contributed by atoms with Crippen LogP contribution in [0.5, 0.6) is 5.88 Å². The average molecular weight is 358 g/mol. The molecule has 1 aromatic heterocycles. The maximum absolute atomic E-state index is 12.1. The summed E-state index contributed by atoms with van der Waals surface area (Å²) in [5.41, 5.74) is 0.833. The second-order valence-corrected chi connectivity index (χ2v) is 6.44. The van der Waals surface area contributed by atoms with Crippen molar-refractivity contribution in [2.24, 2.45) is 10.9 Å². The van der Waals surface area contributed by atoms with Crippen molar-refractivity contribution in [2.45, 2.75) is 51.4 Å². The average Bonchev–Trinajstić information content (AvgIpc) is 2.59. The van der Waals surface area contributed by atoms with E-state index < -0.39 is 12.8 Å². The van der Waals surface area contributed by atoms with Crippen LogP contribution in [-0.4, -0.2) is 36.8 Å². The lowest BCUT2D eigenvalue weighted by atomic mass is 9.87. The minimum Gasteiger partial charge on any atom is -0.468 e. The highest BCUT2D eigenvalue weighted by Crippen LogP contribution is 2.23. The Morgan fingerprint density at radius 2 is 2.00 bits per heavy atom. The number of aromatic nitrogens is 1. The molecule has 1 aliphatic carbocycles. The number of pyridine rings is 1. The third-order valence-corrected chi connectivity index (χ3v) is 4.22. The molecular formula is C17H25F3N4O. The van der Waals surface area contributed by atoms with Crippen LogP contribution in [-0.2, 0) is 6.54 Å². The molecule has 1 heterocycles. The summed E-state index contributed by atoms with van der Waals surface area (Å²) in [6.45, 7) is 1.42. The van der Waals surface area contributed by atoms with Crippen molar-refractivity contribution < 1.29 is 17.9 Å². The second-order valence-electron chi connectivity index (χ2n) is 6.44. The molecule has 8 heteroatoms. The lowest BCUT2D eigenvalue weighted by Crippen LogP contribution is -2.44. The number of guanidine groups is 1. The Bertz CT molecular complexity index is 552. The number of ether oxygens (including phenoxy) is 1. The molecule has 0 radical (unpaired) electrons. The van der Waals surface area contributed by atoms with E-state index in [-0.39, 0.29) is 5.88 Å². The van der Waals surface area contributed by atoms with Crippen LogP contribution in [0.25, 0.3) is 0 Å². The second kappa shape index (κ2) is 8.92. The summed E-state index contributed by atoms with van der Waals surface area (Å²) in [6.07, 6.45) is 1.84. The van der Waals surface area contributed by atoms with Gasteiger partial charge in [0.25, 0.3) is 0 Å².